The predicted molar refractivity (Wildman–Crippen MR) is 84.4 cm³/mol. The molecule has 1 aromatic carbocycles. The fourth-order valence-corrected chi connectivity index (χ4v) is 3.88. The van der Waals surface area contributed by atoms with Gasteiger partial charge < -0.3 is 15.4 Å². The summed E-state index contributed by atoms with van der Waals surface area (Å²) >= 11 is 0. The quantitative estimate of drug-likeness (QED) is 0.890. The Labute approximate surface area is 127 Å². The van der Waals surface area contributed by atoms with E-state index in [0.29, 0.717) is 24.5 Å². The van der Waals surface area contributed by atoms with E-state index >= 15 is 0 Å². The molecule has 5 nitrogen and oxygen atoms in total. The Hall–Kier alpha value is -1.11. The van der Waals surface area contributed by atoms with Crippen LogP contribution >= 0.6 is 0 Å². The maximum Gasteiger partial charge on any atom is 0.178 e. The summed E-state index contributed by atoms with van der Waals surface area (Å²) in [6.45, 7) is 5.82. The number of nitrogens with zero attached hydrogens (tertiary/aromatic N) is 1. The molecule has 0 bridgehead atoms. The maximum atomic E-state index is 12.0. The molecule has 0 aromatic heterocycles. The number of hydrogen-bond acceptors (Lipinski definition) is 5. The lowest BCUT2D eigenvalue weighted by molar-refractivity contribution is 0.0283. The van der Waals surface area contributed by atoms with Crippen molar-refractivity contribution in [1.82, 2.24) is 0 Å². The standard InChI is InChI=1S/C15H24N2O3S/c1-3-8-21(18,19)15-6-4-13(5-7-15)17-10-14(9-16)20-11-12(17)2/h4-7,12,14H,3,8-11,16H2,1-2H3. The van der Waals surface area contributed by atoms with Gasteiger partial charge in [-0.2, -0.15) is 0 Å². The SMILES string of the molecule is CCCS(=O)(=O)c1ccc(N2CC(CN)OCC2C)cc1. The minimum Gasteiger partial charge on any atom is -0.373 e. The van der Waals surface area contributed by atoms with Crippen LogP contribution in [0.3, 0.4) is 0 Å². The smallest absolute Gasteiger partial charge is 0.178 e. The molecule has 1 aliphatic heterocycles. The lowest BCUT2D eigenvalue weighted by Gasteiger charge is -2.39. The molecule has 1 aromatic rings. The Bertz CT molecular complexity index is 557. The summed E-state index contributed by atoms with van der Waals surface area (Å²) in [5, 5.41) is 0. The average Bonchev–Trinajstić information content (AvgIpc) is 2.48. The second kappa shape index (κ2) is 6.77. The van der Waals surface area contributed by atoms with E-state index in [2.05, 4.69) is 11.8 Å². The Morgan fingerprint density at radius 2 is 2.00 bits per heavy atom. The second-order valence-electron chi connectivity index (χ2n) is 5.51. The van der Waals surface area contributed by atoms with Crippen molar-refractivity contribution in [1.29, 1.82) is 0 Å². The van der Waals surface area contributed by atoms with Crippen molar-refractivity contribution < 1.29 is 13.2 Å². The first-order valence-electron chi connectivity index (χ1n) is 7.39. The monoisotopic (exact) mass is 312 g/mol. The highest BCUT2D eigenvalue weighted by Gasteiger charge is 2.25. The number of morpholine rings is 1. The molecule has 0 aliphatic carbocycles. The number of benzene rings is 1. The number of rotatable bonds is 5. The van der Waals surface area contributed by atoms with E-state index in [1.807, 2.05) is 19.1 Å². The van der Waals surface area contributed by atoms with Crippen molar-refractivity contribution >= 4 is 15.5 Å². The van der Waals surface area contributed by atoms with Gasteiger partial charge in [-0.15, -0.1) is 0 Å². The first-order valence-corrected chi connectivity index (χ1v) is 9.04. The van der Waals surface area contributed by atoms with E-state index in [0.717, 1.165) is 12.2 Å². The third kappa shape index (κ3) is 3.75. The predicted octanol–water partition coefficient (Wildman–Crippen LogP) is 1.42. The first kappa shape index (κ1) is 16.3. The zero-order valence-corrected chi connectivity index (χ0v) is 13.5. The van der Waals surface area contributed by atoms with E-state index in [1.54, 1.807) is 12.1 Å². The minimum absolute atomic E-state index is 0.0321. The Balaban J connectivity index is 2.18. The molecule has 2 unspecified atom stereocenters. The molecule has 0 amide bonds. The molecule has 2 atom stereocenters. The van der Waals surface area contributed by atoms with Crippen molar-refractivity contribution in [2.24, 2.45) is 5.73 Å². The highest BCUT2D eigenvalue weighted by molar-refractivity contribution is 7.91. The normalized spacial score (nSPS) is 23.3. The summed E-state index contributed by atoms with van der Waals surface area (Å²) in [6, 6.07) is 7.39. The van der Waals surface area contributed by atoms with E-state index < -0.39 is 9.84 Å². The molecule has 1 heterocycles. The summed E-state index contributed by atoms with van der Waals surface area (Å²) in [7, 11) is -3.15. The average molecular weight is 312 g/mol. The summed E-state index contributed by atoms with van der Waals surface area (Å²) in [5.74, 6) is 0.190. The van der Waals surface area contributed by atoms with Gasteiger partial charge in [-0.05, 0) is 37.6 Å². The van der Waals surface area contributed by atoms with Crippen LogP contribution in [0.1, 0.15) is 20.3 Å². The fourth-order valence-electron chi connectivity index (χ4n) is 2.55. The van der Waals surface area contributed by atoms with Crippen LogP contribution in [-0.2, 0) is 14.6 Å². The highest BCUT2D eigenvalue weighted by atomic mass is 32.2. The lowest BCUT2D eigenvalue weighted by Crippen LogP contribution is -2.50. The van der Waals surface area contributed by atoms with E-state index in [1.165, 1.54) is 0 Å². The maximum absolute atomic E-state index is 12.0. The highest BCUT2D eigenvalue weighted by Crippen LogP contribution is 2.24. The molecule has 118 valence electrons. The van der Waals surface area contributed by atoms with Crippen LogP contribution in [0.15, 0.2) is 29.2 Å². The zero-order chi connectivity index (χ0) is 15.5. The Morgan fingerprint density at radius 3 is 2.57 bits per heavy atom. The third-order valence-corrected chi connectivity index (χ3v) is 5.70. The Morgan fingerprint density at radius 1 is 1.33 bits per heavy atom. The summed E-state index contributed by atoms with van der Waals surface area (Å²) in [5.41, 5.74) is 6.69. The van der Waals surface area contributed by atoms with Gasteiger partial charge in [0, 0.05) is 24.8 Å². The van der Waals surface area contributed by atoms with Gasteiger partial charge in [0.05, 0.1) is 23.4 Å². The number of anilines is 1. The number of nitrogens with two attached hydrogens (primary N) is 1. The second-order valence-corrected chi connectivity index (χ2v) is 7.61. The molecule has 1 fully saturated rings. The van der Waals surface area contributed by atoms with Crippen LogP contribution in [0.5, 0.6) is 0 Å². The summed E-state index contributed by atoms with van der Waals surface area (Å²) < 4.78 is 29.7. The number of sulfone groups is 1. The zero-order valence-electron chi connectivity index (χ0n) is 12.7. The number of hydrogen-bond donors (Lipinski definition) is 1. The molecule has 6 heteroatoms. The first-order chi connectivity index (χ1) is 9.97. The third-order valence-electron chi connectivity index (χ3n) is 3.77. The van der Waals surface area contributed by atoms with Gasteiger partial charge >= 0.3 is 0 Å². The molecule has 1 aliphatic rings. The molecule has 2 rings (SSSR count). The lowest BCUT2D eigenvalue weighted by atomic mass is 10.1. The molecule has 2 N–H and O–H groups in total. The van der Waals surface area contributed by atoms with Gasteiger partial charge in [0.1, 0.15) is 0 Å². The largest absolute Gasteiger partial charge is 0.373 e. The molecule has 21 heavy (non-hydrogen) atoms. The van der Waals surface area contributed by atoms with E-state index in [9.17, 15) is 8.42 Å². The molecular formula is C15H24N2O3S. The molecular weight excluding hydrogens is 288 g/mol. The number of ether oxygens (including phenoxy) is 1. The van der Waals surface area contributed by atoms with E-state index in [4.69, 9.17) is 10.5 Å². The van der Waals surface area contributed by atoms with Crippen molar-refractivity contribution in [2.45, 2.75) is 37.3 Å². The van der Waals surface area contributed by atoms with Crippen LogP contribution < -0.4 is 10.6 Å². The van der Waals surface area contributed by atoms with Crippen LogP contribution in [0.25, 0.3) is 0 Å². The van der Waals surface area contributed by atoms with Gasteiger partial charge in [0.15, 0.2) is 9.84 Å². The van der Waals surface area contributed by atoms with Gasteiger partial charge in [-0.25, -0.2) is 8.42 Å². The van der Waals surface area contributed by atoms with Crippen molar-refractivity contribution in [3.63, 3.8) is 0 Å². The van der Waals surface area contributed by atoms with Gasteiger partial charge in [0.2, 0.25) is 0 Å². The van der Waals surface area contributed by atoms with Gasteiger partial charge in [0.25, 0.3) is 0 Å². The minimum atomic E-state index is -3.15. The van der Waals surface area contributed by atoms with Crippen LogP contribution in [-0.4, -0.2) is 46.0 Å². The molecule has 0 radical (unpaired) electrons. The molecule has 1 saturated heterocycles. The van der Waals surface area contributed by atoms with Crippen LogP contribution in [0.4, 0.5) is 5.69 Å². The van der Waals surface area contributed by atoms with E-state index in [-0.39, 0.29) is 17.9 Å². The van der Waals surface area contributed by atoms with Crippen molar-refractivity contribution in [3.05, 3.63) is 24.3 Å². The fraction of sp³-hybridized carbons (Fsp3) is 0.600. The van der Waals surface area contributed by atoms with Crippen molar-refractivity contribution in [2.75, 3.05) is 30.3 Å². The van der Waals surface area contributed by atoms with Gasteiger partial charge in [-0.3, -0.25) is 0 Å². The molecule has 0 saturated carbocycles. The van der Waals surface area contributed by atoms with Crippen LogP contribution in [0.2, 0.25) is 0 Å². The summed E-state index contributed by atoms with van der Waals surface area (Å²) in [4.78, 5) is 2.61. The van der Waals surface area contributed by atoms with Crippen molar-refractivity contribution in [3.8, 4) is 0 Å². The van der Waals surface area contributed by atoms with Crippen LogP contribution in [0, 0.1) is 0 Å². The van der Waals surface area contributed by atoms with Gasteiger partial charge in [-0.1, -0.05) is 6.92 Å². The summed E-state index contributed by atoms with van der Waals surface area (Å²) in [6.07, 6.45) is 0.660. The molecule has 0 spiro atoms. The topological polar surface area (TPSA) is 72.6 Å². The Kier molecular flexibility index (Phi) is 5.24.